The highest BCUT2D eigenvalue weighted by atomic mass is 35.5. The molecule has 0 amide bonds. The number of hydrogen-bond acceptors (Lipinski definition) is 5. The summed E-state index contributed by atoms with van der Waals surface area (Å²) in [5.41, 5.74) is 4.16. The van der Waals surface area contributed by atoms with Crippen molar-refractivity contribution in [1.29, 1.82) is 5.41 Å². The smallest absolute Gasteiger partial charge is 0.140 e. The number of halogens is 1. The highest BCUT2D eigenvalue weighted by Crippen LogP contribution is 2.42. The van der Waals surface area contributed by atoms with E-state index in [0.717, 1.165) is 61.4 Å². The Kier molecular flexibility index (Phi) is 6.83. The highest BCUT2D eigenvalue weighted by molar-refractivity contribution is 6.30. The molecular weight excluding hydrogens is 408 g/mol. The van der Waals surface area contributed by atoms with Crippen LogP contribution in [0.15, 0.2) is 42.6 Å². The fourth-order valence-corrected chi connectivity index (χ4v) is 4.46. The Morgan fingerprint density at radius 2 is 1.90 bits per heavy atom. The summed E-state index contributed by atoms with van der Waals surface area (Å²) in [6.45, 7) is 4.31. The highest BCUT2D eigenvalue weighted by Gasteiger charge is 2.26. The molecule has 0 saturated carbocycles. The van der Waals surface area contributed by atoms with Crippen molar-refractivity contribution < 1.29 is 4.74 Å². The van der Waals surface area contributed by atoms with Crippen LogP contribution >= 0.6 is 11.6 Å². The minimum absolute atomic E-state index is 0.432. The molecule has 2 aliphatic heterocycles. The van der Waals surface area contributed by atoms with Crippen LogP contribution in [0, 0.1) is 5.41 Å². The van der Waals surface area contributed by atoms with Crippen molar-refractivity contribution in [2.75, 3.05) is 25.0 Å². The summed E-state index contributed by atoms with van der Waals surface area (Å²) in [5.74, 6) is 1.58. The first-order chi connectivity index (χ1) is 15.1. The molecule has 4 rings (SSSR count). The van der Waals surface area contributed by atoms with Gasteiger partial charge in [-0.1, -0.05) is 11.6 Å². The quantitative estimate of drug-likeness (QED) is 0.540. The average Bonchev–Trinajstić information content (AvgIpc) is 2.80. The number of hydrogen-bond donors (Lipinski definition) is 3. The zero-order valence-corrected chi connectivity index (χ0v) is 19.0. The van der Waals surface area contributed by atoms with Gasteiger partial charge < -0.3 is 25.7 Å². The summed E-state index contributed by atoms with van der Waals surface area (Å²) in [4.78, 5) is 2.32. The van der Waals surface area contributed by atoms with E-state index < -0.39 is 0 Å². The standard InChI is InChI=1S/C25H31ClN4O/c1-17-3-8-23-24(30(17)2)10-9-22(25(23)31-21-6-4-19(26)5-7-21)18(15-27)16-29-20-11-13-28-14-12-20/h4-7,9-10,15-17,20,27-29H,3,8,11-14H2,1-2H3/b18-16+,27-15?. The van der Waals surface area contributed by atoms with Gasteiger partial charge in [-0.2, -0.15) is 0 Å². The molecule has 2 aromatic rings. The van der Waals surface area contributed by atoms with Crippen LogP contribution in [0.2, 0.25) is 5.02 Å². The van der Waals surface area contributed by atoms with Gasteiger partial charge in [0, 0.05) is 59.0 Å². The first kappa shape index (κ1) is 21.7. The van der Waals surface area contributed by atoms with Crippen molar-refractivity contribution in [3.8, 4) is 11.5 Å². The summed E-state index contributed by atoms with van der Waals surface area (Å²) < 4.78 is 6.45. The van der Waals surface area contributed by atoms with Crippen molar-refractivity contribution in [2.24, 2.45) is 0 Å². The van der Waals surface area contributed by atoms with Gasteiger partial charge in [-0.25, -0.2) is 0 Å². The fourth-order valence-electron chi connectivity index (χ4n) is 4.33. The Labute approximate surface area is 189 Å². The van der Waals surface area contributed by atoms with Crippen LogP contribution in [0.1, 0.15) is 37.3 Å². The van der Waals surface area contributed by atoms with E-state index in [2.05, 4.69) is 41.6 Å². The minimum Gasteiger partial charge on any atom is -0.456 e. The summed E-state index contributed by atoms with van der Waals surface area (Å²) in [7, 11) is 2.14. The van der Waals surface area contributed by atoms with Gasteiger partial charge in [0.05, 0.1) is 0 Å². The molecular formula is C25H31ClN4O. The SMILES string of the molecule is CC1CCc2c(ccc(/C(C=N)=C/NC3CCNCC3)c2Oc2ccc(Cl)cc2)N1C. The summed E-state index contributed by atoms with van der Waals surface area (Å²) in [6, 6.07) is 12.6. The maximum atomic E-state index is 8.10. The third-order valence-electron chi connectivity index (χ3n) is 6.40. The molecule has 2 aromatic carbocycles. The third-order valence-corrected chi connectivity index (χ3v) is 6.65. The summed E-state index contributed by atoms with van der Waals surface area (Å²) in [5, 5.41) is 15.7. The van der Waals surface area contributed by atoms with E-state index in [1.807, 2.05) is 30.5 Å². The predicted molar refractivity (Wildman–Crippen MR) is 130 cm³/mol. The van der Waals surface area contributed by atoms with Crippen LogP contribution in [0.3, 0.4) is 0 Å². The molecule has 0 aliphatic carbocycles. The van der Waals surface area contributed by atoms with E-state index in [-0.39, 0.29) is 0 Å². The molecule has 1 unspecified atom stereocenters. The largest absolute Gasteiger partial charge is 0.456 e. The van der Waals surface area contributed by atoms with E-state index >= 15 is 0 Å². The molecule has 6 heteroatoms. The maximum Gasteiger partial charge on any atom is 0.140 e. The van der Waals surface area contributed by atoms with E-state index in [9.17, 15) is 0 Å². The molecule has 1 fully saturated rings. The Morgan fingerprint density at radius 3 is 2.61 bits per heavy atom. The molecule has 1 atom stereocenters. The van der Waals surface area contributed by atoms with E-state index in [1.54, 1.807) is 0 Å². The van der Waals surface area contributed by atoms with Crippen LogP contribution in [0.25, 0.3) is 5.57 Å². The number of rotatable bonds is 6. The number of nitrogens with one attached hydrogen (secondary N) is 3. The summed E-state index contributed by atoms with van der Waals surface area (Å²) in [6.07, 6.45) is 7.59. The van der Waals surface area contributed by atoms with Crippen LogP contribution in [0.5, 0.6) is 11.5 Å². The second kappa shape index (κ2) is 9.75. The number of nitrogens with zero attached hydrogens (tertiary/aromatic N) is 1. The Bertz CT molecular complexity index is 951. The Hall–Kier alpha value is -2.50. The molecule has 5 nitrogen and oxygen atoms in total. The van der Waals surface area contributed by atoms with Gasteiger partial charge in [0.25, 0.3) is 0 Å². The molecule has 2 heterocycles. The first-order valence-electron chi connectivity index (χ1n) is 11.1. The molecule has 0 aromatic heterocycles. The average molecular weight is 439 g/mol. The third kappa shape index (κ3) is 4.89. The Morgan fingerprint density at radius 1 is 1.16 bits per heavy atom. The van der Waals surface area contributed by atoms with Crippen molar-refractivity contribution in [3.05, 3.63) is 58.7 Å². The molecule has 2 aliphatic rings. The van der Waals surface area contributed by atoms with Crippen LogP contribution in [-0.4, -0.2) is 38.4 Å². The normalized spacial score (nSPS) is 19.6. The lowest BCUT2D eigenvalue weighted by molar-refractivity contribution is 0.420. The lowest BCUT2D eigenvalue weighted by Crippen LogP contribution is -2.37. The molecule has 31 heavy (non-hydrogen) atoms. The fraction of sp³-hybridized carbons (Fsp3) is 0.400. The predicted octanol–water partition coefficient (Wildman–Crippen LogP) is 5.24. The van der Waals surface area contributed by atoms with Gasteiger partial charge in [-0.3, -0.25) is 0 Å². The number of allylic oxidation sites excluding steroid dienone is 1. The number of benzene rings is 2. The van der Waals surface area contributed by atoms with Gasteiger partial charge in [0.15, 0.2) is 0 Å². The van der Waals surface area contributed by atoms with Crippen molar-refractivity contribution in [1.82, 2.24) is 10.6 Å². The second-order valence-electron chi connectivity index (χ2n) is 8.43. The number of ether oxygens (including phenoxy) is 1. The summed E-state index contributed by atoms with van der Waals surface area (Å²) >= 11 is 6.07. The van der Waals surface area contributed by atoms with Gasteiger partial charge in [0.1, 0.15) is 11.5 Å². The molecule has 1 saturated heterocycles. The topological polar surface area (TPSA) is 60.4 Å². The van der Waals surface area contributed by atoms with Crippen molar-refractivity contribution in [2.45, 2.75) is 44.7 Å². The van der Waals surface area contributed by atoms with Crippen LogP contribution in [-0.2, 0) is 6.42 Å². The van der Waals surface area contributed by atoms with E-state index in [1.165, 1.54) is 17.5 Å². The second-order valence-corrected chi connectivity index (χ2v) is 8.87. The lowest BCUT2D eigenvalue weighted by Gasteiger charge is -2.35. The van der Waals surface area contributed by atoms with E-state index in [0.29, 0.717) is 17.1 Å². The lowest BCUT2D eigenvalue weighted by atomic mass is 9.92. The van der Waals surface area contributed by atoms with Crippen molar-refractivity contribution in [3.63, 3.8) is 0 Å². The molecule has 0 radical (unpaired) electrons. The number of anilines is 1. The maximum absolute atomic E-state index is 8.10. The van der Waals surface area contributed by atoms with Crippen molar-refractivity contribution >= 4 is 29.1 Å². The van der Waals surface area contributed by atoms with Gasteiger partial charge in [-0.15, -0.1) is 0 Å². The van der Waals surface area contributed by atoms with Crippen LogP contribution in [0.4, 0.5) is 5.69 Å². The van der Waals surface area contributed by atoms with Gasteiger partial charge in [-0.05, 0) is 82.1 Å². The zero-order chi connectivity index (χ0) is 21.8. The number of piperidine rings is 1. The van der Waals surface area contributed by atoms with Gasteiger partial charge >= 0.3 is 0 Å². The minimum atomic E-state index is 0.432. The molecule has 0 bridgehead atoms. The zero-order valence-electron chi connectivity index (χ0n) is 18.2. The first-order valence-corrected chi connectivity index (χ1v) is 11.4. The monoisotopic (exact) mass is 438 g/mol. The molecule has 3 N–H and O–H groups in total. The molecule has 0 spiro atoms. The molecule has 164 valence electrons. The number of fused-ring (bicyclic) bond motifs is 1. The van der Waals surface area contributed by atoms with Crippen LogP contribution < -0.4 is 20.3 Å². The van der Waals surface area contributed by atoms with Gasteiger partial charge in [0.2, 0.25) is 0 Å². The Balaban J connectivity index is 1.73. The van der Waals surface area contributed by atoms with E-state index in [4.69, 9.17) is 21.7 Å².